The van der Waals surface area contributed by atoms with Crippen LogP contribution >= 0.6 is 15.9 Å². The first-order valence-electron chi connectivity index (χ1n) is 5.74. The van der Waals surface area contributed by atoms with E-state index >= 15 is 0 Å². The summed E-state index contributed by atoms with van der Waals surface area (Å²) in [5, 5.41) is 5.58. The highest BCUT2D eigenvalue weighted by molar-refractivity contribution is 9.09. The summed E-state index contributed by atoms with van der Waals surface area (Å²) in [6, 6.07) is 2.36. The molecule has 0 bridgehead atoms. The summed E-state index contributed by atoms with van der Waals surface area (Å²) in [6.07, 6.45) is 1.49. The molecular weight excluding hydrogens is 316 g/mol. The van der Waals surface area contributed by atoms with Crippen molar-refractivity contribution in [2.75, 3.05) is 11.9 Å². The molecule has 7 heteroatoms. The third-order valence-electron chi connectivity index (χ3n) is 2.61. The summed E-state index contributed by atoms with van der Waals surface area (Å²) >= 11 is 3.25. The summed E-state index contributed by atoms with van der Waals surface area (Å²) < 4.78 is 10.3. The Balaban J connectivity index is 2.43. The molecule has 1 atom stereocenters. The fourth-order valence-electron chi connectivity index (χ4n) is 1.84. The number of urea groups is 1. The van der Waals surface area contributed by atoms with Crippen LogP contribution in [-0.4, -0.2) is 23.9 Å². The van der Waals surface area contributed by atoms with Crippen LogP contribution in [0.3, 0.4) is 0 Å². The van der Waals surface area contributed by atoms with Crippen molar-refractivity contribution in [2.45, 2.75) is 13.0 Å². The molecule has 0 radical (unpaired) electrons. The van der Waals surface area contributed by atoms with Crippen molar-refractivity contribution in [3.63, 3.8) is 0 Å². The van der Waals surface area contributed by atoms with Gasteiger partial charge in [-0.1, -0.05) is 15.9 Å². The Kier molecular flexibility index (Phi) is 4.26. The van der Waals surface area contributed by atoms with Crippen molar-refractivity contribution in [1.82, 2.24) is 10.6 Å². The van der Waals surface area contributed by atoms with Crippen LogP contribution in [-0.2, 0) is 9.53 Å². The topological polar surface area (TPSA) is 80.6 Å². The molecule has 0 saturated heterocycles. The molecule has 1 aliphatic rings. The van der Waals surface area contributed by atoms with Gasteiger partial charge in [-0.15, -0.1) is 0 Å². The first-order chi connectivity index (χ1) is 9.17. The van der Waals surface area contributed by atoms with Crippen molar-refractivity contribution < 1.29 is 18.7 Å². The van der Waals surface area contributed by atoms with E-state index in [1.54, 1.807) is 19.1 Å². The van der Waals surface area contributed by atoms with Crippen LogP contribution in [0.4, 0.5) is 4.79 Å². The van der Waals surface area contributed by atoms with Gasteiger partial charge in [0.1, 0.15) is 11.8 Å². The first kappa shape index (κ1) is 13.7. The van der Waals surface area contributed by atoms with E-state index in [1.807, 2.05) is 0 Å². The summed E-state index contributed by atoms with van der Waals surface area (Å²) in [4.78, 5) is 23.6. The lowest BCUT2D eigenvalue weighted by Crippen LogP contribution is -2.46. The van der Waals surface area contributed by atoms with E-state index in [9.17, 15) is 9.59 Å². The minimum atomic E-state index is -0.643. The molecule has 2 N–H and O–H groups in total. The molecule has 19 heavy (non-hydrogen) atoms. The number of esters is 1. The largest absolute Gasteiger partial charge is 0.467 e. The molecule has 1 aromatic heterocycles. The Morgan fingerprint density at radius 1 is 1.58 bits per heavy atom. The third kappa shape index (κ3) is 2.81. The maximum Gasteiger partial charge on any atom is 0.338 e. The number of ether oxygens (including phenoxy) is 1. The van der Waals surface area contributed by atoms with Gasteiger partial charge in [-0.05, 0) is 19.1 Å². The van der Waals surface area contributed by atoms with Crippen LogP contribution in [0.25, 0.3) is 0 Å². The maximum absolute atomic E-state index is 12.0. The van der Waals surface area contributed by atoms with Gasteiger partial charge in [-0.25, -0.2) is 9.59 Å². The lowest BCUT2D eigenvalue weighted by Gasteiger charge is -2.27. The Bertz CT molecular complexity index is 510. The van der Waals surface area contributed by atoms with Crippen molar-refractivity contribution in [3.8, 4) is 0 Å². The van der Waals surface area contributed by atoms with E-state index in [2.05, 4.69) is 26.6 Å². The zero-order valence-electron chi connectivity index (χ0n) is 10.2. The van der Waals surface area contributed by atoms with Gasteiger partial charge in [0.25, 0.3) is 0 Å². The normalized spacial score (nSPS) is 18.8. The predicted octanol–water partition coefficient (Wildman–Crippen LogP) is 1.85. The molecule has 1 aliphatic heterocycles. The number of furan rings is 1. The minimum absolute atomic E-state index is 0.261. The second-order valence-corrected chi connectivity index (χ2v) is 4.35. The molecule has 0 aliphatic carbocycles. The number of nitrogens with one attached hydrogen (secondary N) is 2. The van der Waals surface area contributed by atoms with E-state index in [4.69, 9.17) is 9.15 Å². The van der Waals surface area contributed by atoms with Crippen LogP contribution in [0.1, 0.15) is 18.7 Å². The monoisotopic (exact) mass is 328 g/mol. The van der Waals surface area contributed by atoms with Crippen LogP contribution in [0.2, 0.25) is 0 Å². The third-order valence-corrected chi connectivity index (χ3v) is 3.17. The molecule has 6 nitrogen and oxygen atoms in total. The molecule has 1 aromatic rings. The molecule has 2 rings (SSSR count). The molecule has 2 heterocycles. The minimum Gasteiger partial charge on any atom is -0.467 e. The smallest absolute Gasteiger partial charge is 0.338 e. The maximum atomic E-state index is 12.0. The lowest BCUT2D eigenvalue weighted by atomic mass is 10.0. The average molecular weight is 329 g/mol. The van der Waals surface area contributed by atoms with Gasteiger partial charge in [0, 0.05) is 11.0 Å². The number of rotatable bonds is 4. The highest BCUT2D eigenvalue weighted by atomic mass is 79.9. The quantitative estimate of drug-likeness (QED) is 0.652. The summed E-state index contributed by atoms with van der Waals surface area (Å²) in [5.41, 5.74) is 0.817. The number of carbonyl (C=O) groups is 2. The van der Waals surface area contributed by atoms with E-state index in [0.29, 0.717) is 22.4 Å². The van der Waals surface area contributed by atoms with Crippen LogP contribution < -0.4 is 10.6 Å². The summed E-state index contributed by atoms with van der Waals surface area (Å²) in [6.45, 7) is 1.99. The summed E-state index contributed by atoms with van der Waals surface area (Å²) in [5.74, 6) is 0.00204. The number of halogens is 1. The van der Waals surface area contributed by atoms with Crippen molar-refractivity contribution in [3.05, 3.63) is 35.4 Å². The van der Waals surface area contributed by atoms with Crippen molar-refractivity contribution in [2.24, 2.45) is 0 Å². The second-order valence-electron chi connectivity index (χ2n) is 3.79. The fraction of sp³-hybridized carbons (Fsp3) is 0.333. The second kappa shape index (κ2) is 5.92. The van der Waals surface area contributed by atoms with Crippen LogP contribution in [0.15, 0.2) is 34.1 Å². The molecule has 2 amide bonds. The number of amides is 2. The molecule has 0 aromatic carbocycles. The van der Waals surface area contributed by atoms with Gasteiger partial charge in [-0.3, -0.25) is 0 Å². The van der Waals surface area contributed by atoms with Gasteiger partial charge in [0.2, 0.25) is 0 Å². The summed E-state index contributed by atoms with van der Waals surface area (Å²) in [7, 11) is 0. The highest BCUT2D eigenvalue weighted by Gasteiger charge is 2.34. The Morgan fingerprint density at radius 2 is 2.37 bits per heavy atom. The van der Waals surface area contributed by atoms with Crippen molar-refractivity contribution in [1.29, 1.82) is 0 Å². The van der Waals surface area contributed by atoms with E-state index in [1.165, 1.54) is 6.26 Å². The first-order valence-corrected chi connectivity index (χ1v) is 6.86. The highest BCUT2D eigenvalue weighted by Crippen LogP contribution is 2.28. The SMILES string of the molecule is CCOC(=O)C1=C(CBr)NC(=O)NC1c1ccco1. The van der Waals surface area contributed by atoms with Gasteiger partial charge < -0.3 is 19.8 Å². The Labute approximate surface area is 118 Å². The average Bonchev–Trinajstić information content (AvgIpc) is 2.91. The zero-order chi connectivity index (χ0) is 13.8. The van der Waals surface area contributed by atoms with E-state index in [-0.39, 0.29) is 12.6 Å². The standard InChI is InChI=1S/C12H13BrN2O4/c1-2-18-11(16)9-7(6-13)14-12(17)15-10(9)8-4-3-5-19-8/h3-5,10H,2,6H2,1H3,(H2,14,15,17). The molecular formula is C12H13BrN2O4. The van der Waals surface area contributed by atoms with Crippen molar-refractivity contribution >= 4 is 27.9 Å². The molecule has 0 fully saturated rings. The van der Waals surface area contributed by atoms with E-state index in [0.717, 1.165) is 0 Å². The molecule has 0 saturated carbocycles. The number of carbonyl (C=O) groups excluding carboxylic acids is 2. The van der Waals surface area contributed by atoms with Gasteiger partial charge in [-0.2, -0.15) is 0 Å². The molecule has 102 valence electrons. The molecule has 0 spiro atoms. The van der Waals surface area contributed by atoms with Gasteiger partial charge in [0.05, 0.1) is 18.4 Å². The number of alkyl halides is 1. The van der Waals surface area contributed by atoms with Crippen LogP contribution in [0.5, 0.6) is 0 Å². The Morgan fingerprint density at radius 3 is 2.95 bits per heavy atom. The Hall–Kier alpha value is -1.76. The van der Waals surface area contributed by atoms with E-state index < -0.39 is 12.0 Å². The zero-order valence-corrected chi connectivity index (χ0v) is 11.8. The van der Waals surface area contributed by atoms with Crippen LogP contribution in [0, 0.1) is 0 Å². The number of allylic oxidation sites excluding steroid dienone is 1. The number of hydrogen-bond acceptors (Lipinski definition) is 4. The fourth-order valence-corrected chi connectivity index (χ4v) is 2.28. The predicted molar refractivity (Wildman–Crippen MR) is 70.6 cm³/mol. The van der Waals surface area contributed by atoms with Gasteiger partial charge >= 0.3 is 12.0 Å². The lowest BCUT2D eigenvalue weighted by molar-refractivity contribution is -0.139. The number of hydrogen-bond donors (Lipinski definition) is 2. The molecule has 1 unspecified atom stereocenters. The van der Waals surface area contributed by atoms with Gasteiger partial charge in [0.15, 0.2) is 0 Å².